The van der Waals surface area contributed by atoms with E-state index < -0.39 is 18.2 Å². The van der Waals surface area contributed by atoms with E-state index in [1.165, 1.54) is 6.08 Å². The molecule has 2 rings (SSSR count). The largest absolute Gasteiger partial charge is 0.508 e. The number of aromatic hydroxyl groups is 1. The number of phenols is 1. The Morgan fingerprint density at radius 2 is 2.25 bits per heavy atom. The zero-order chi connectivity index (χ0) is 14.5. The summed E-state index contributed by atoms with van der Waals surface area (Å²) >= 11 is 0. The maximum Gasteiger partial charge on any atom is 0.331 e. The van der Waals surface area contributed by atoms with Gasteiger partial charge in [0.2, 0.25) is 0 Å². The molecule has 0 amide bonds. The number of carbonyl (C=O) groups is 1. The number of esters is 1. The first kappa shape index (κ1) is 14.6. The van der Waals surface area contributed by atoms with E-state index in [1.807, 2.05) is 6.92 Å². The predicted octanol–water partition coefficient (Wildman–Crippen LogP) is 1.34. The van der Waals surface area contributed by atoms with E-state index in [9.17, 15) is 15.0 Å². The molecule has 0 aliphatic carbocycles. The molecule has 0 radical (unpaired) electrons. The van der Waals surface area contributed by atoms with E-state index in [1.54, 1.807) is 30.3 Å². The molecule has 1 fully saturated rings. The molecule has 1 aromatic carbocycles. The van der Waals surface area contributed by atoms with Gasteiger partial charge < -0.3 is 19.7 Å². The van der Waals surface area contributed by atoms with E-state index in [0.717, 1.165) is 0 Å². The summed E-state index contributed by atoms with van der Waals surface area (Å²) in [6.45, 7) is 2.39. The van der Waals surface area contributed by atoms with Crippen LogP contribution in [0.2, 0.25) is 0 Å². The van der Waals surface area contributed by atoms with Crippen LogP contribution in [-0.2, 0) is 14.3 Å². The fourth-order valence-electron chi connectivity index (χ4n) is 1.98. The summed E-state index contributed by atoms with van der Waals surface area (Å²) in [6.07, 6.45) is 1.80. The van der Waals surface area contributed by atoms with Crippen LogP contribution >= 0.6 is 0 Å². The summed E-state index contributed by atoms with van der Waals surface area (Å²) in [5, 5.41) is 18.9. The lowest BCUT2D eigenvalue weighted by Gasteiger charge is -2.32. The Kier molecular flexibility index (Phi) is 4.76. The first-order valence-corrected chi connectivity index (χ1v) is 6.50. The number of rotatable bonds is 3. The van der Waals surface area contributed by atoms with Gasteiger partial charge in [0.05, 0.1) is 19.3 Å². The zero-order valence-corrected chi connectivity index (χ0v) is 11.2. The first-order chi connectivity index (χ1) is 9.56. The van der Waals surface area contributed by atoms with Gasteiger partial charge in [0.15, 0.2) is 0 Å². The van der Waals surface area contributed by atoms with Crippen molar-refractivity contribution >= 4 is 12.0 Å². The van der Waals surface area contributed by atoms with E-state index in [0.29, 0.717) is 12.2 Å². The Morgan fingerprint density at radius 1 is 1.45 bits per heavy atom. The Labute approximate surface area is 117 Å². The van der Waals surface area contributed by atoms with Crippen molar-refractivity contribution < 1.29 is 24.5 Å². The van der Waals surface area contributed by atoms with Gasteiger partial charge in [-0.25, -0.2) is 4.79 Å². The molecule has 20 heavy (non-hydrogen) atoms. The number of ether oxygens (including phenoxy) is 2. The second-order valence-electron chi connectivity index (χ2n) is 4.87. The van der Waals surface area contributed by atoms with Gasteiger partial charge >= 0.3 is 5.97 Å². The molecule has 108 valence electrons. The van der Waals surface area contributed by atoms with Gasteiger partial charge in [0, 0.05) is 12.0 Å². The number of aliphatic hydroxyl groups is 1. The SMILES string of the molecule is CC1[C@@H](O)COC[C@H]1OC(=O)/C=C/c1cccc(O)c1. The van der Waals surface area contributed by atoms with Gasteiger partial charge in [-0.05, 0) is 23.8 Å². The maximum absolute atomic E-state index is 11.7. The highest BCUT2D eigenvalue weighted by Crippen LogP contribution is 2.19. The first-order valence-electron chi connectivity index (χ1n) is 6.50. The Morgan fingerprint density at radius 3 is 3.00 bits per heavy atom. The molecule has 0 aromatic heterocycles. The molecule has 2 N–H and O–H groups in total. The average Bonchev–Trinajstić information content (AvgIpc) is 2.42. The van der Waals surface area contributed by atoms with Crippen molar-refractivity contribution in [1.82, 2.24) is 0 Å². The van der Waals surface area contributed by atoms with Crippen molar-refractivity contribution in [1.29, 1.82) is 0 Å². The molecule has 0 saturated carbocycles. The minimum atomic E-state index is -0.614. The van der Waals surface area contributed by atoms with Crippen LogP contribution in [0, 0.1) is 5.92 Å². The van der Waals surface area contributed by atoms with Gasteiger partial charge in [-0.1, -0.05) is 19.1 Å². The number of phenolic OH excluding ortho intramolecular Hbond substituents is 1. The van der Waals surface area contributed by atoms with E-state index in [4.69, 9.17) is 9.47 Å². The number of benzene rings is 1. The summed E-state index contributed by atoms with van der Waals surface area (Å²) in [5.74, 6) is -0.511. The monoisotopic (exact) mass is 278 g/mol. The highest BCUT2D eigenvalue weighted by atomic mass is 16.6. The van der Waals surface area contributed by atoms with Crippen molar-refractivity contribution in [3.8, 4) is 5.75 Å². The molecule has 3 atom stereocenters. The van der Waals surface area contributed by atoms with Gasteiger partial charge in [-0.15, -0.1) is 0 Å². The molecular weight excluding hydrogens is 260 g/mol. The van der Waals surface area contributed by atoms with E-state index in [-0.39, 0.29) is 18.3 Å². The molecule has 1 unspecified atom stereocenters. The third kappa shape index (κ3) is 3.82. The maximum atomic E-state index is 11.7. The van der Waals surface area contributed by atoms with E-state index in [2.05, 4.69) is 0 Å². The molecular formula is C15H18O5. The lowest BCUT2D eigenvalue weighted by atomic mass is 9.97. The number of aliphatic hydroxyl groups excluding tert-OH is 1. The van der Waals surface area contributed by atoms with Crippen LogP contribution in [0.4, 0.5) is 0 Å². The van der Waals surface area contributed by atoms with Crippen molar-refractivity contribution in [2.75, 3.05) is 13.2 Å². The van der Waals surface area contributed by atoms with Crippen LogP contribution in [0.25, 0.3) is 6.08 Å². The van der Waals surface area contributed by atoms with Crippen LogP contribution < -0.4 is 0 Å². The fraction of sp³-hybridized carbons (Fsp3) is 0.400. The van der Waals surface area contributed by atoms with Crippen LogP contribution in [0.3, 0.4) is 0 Å². The van der Waals surface area contributed by atoms with Crippen LogP contribution in [-0.4, -0.2) is 41.6 Å². The molecule has 0 spiro atoms. The van der Waals surface area contributed by atoms with Gasteiger partial charge in [-0.3, -0.25) is 0 Å². The van der Waals surface area contributed by atoms with Crippen molar-refractivity contribution in [2.24, 2.45) is 5.92 Å². The number of hydrogen-bond donors (Lipinski definition) is 2. The molecule has 1 heterocycles. The summed E-state index contributed by atoms with van der Waals surface area (Å²) in [5.41, 5.74) is 0.704. The third-order valence-electron chi connectivity index (χ3n) is 3.31. The lowest BCUT2D eigenvalue weighted by molar-refractivity contribution is -0.164. The van der Waals surface area contributed by atoms with Crippen LogP contribution in [0.15, 0.2) is 30.3 Å². The molecule has 1 aliphatic heterocycles. The molecule has 1 aromatic rings. The predicted molar refractivity (Wildman–Crippen MR) is 73.0 cm³/mol. The average molecular weight is 278 g/mol. The van der Waals surface area contributed by atoms with Crippen molar-refractivity contribution in [3.05, 3.63) is 35.9 Å². The Hall–Kier alpha value is -1.85. The van der Waals surface area contributed by atoms with Gasteiger partial charge in [0.25, 0.3) is 0 Å². The number of hydrogen-bond acceptors (Lipinski definition) is 5. The minimum absolute atomic E-state index is 0.137. The van der Waals surface area contributed by atoms with Gasteiger partial charge in [0.1, 0.15) is 11.9 Å². The summed E-state index contributed by atoms with van der Waals surface area (Å²) < 4.78 is 10.4. The Bertz CT molecular complexity index is 497. The van der Waals surface area contributed by atoms with Crippen molar-refractivity contribution in [2.45, 2.75) is 19.1 Å². The highest BCUT2D eigenvalue weighted by Gasteiger charge is 2.31. The second-order valence-corrected chi connectivity index (χ2v) is 4.87. The smallest absolute Gasteiger partial charge is 0.331 e. The fourth-order valence-corrected chi connectivity index (χ4v) is 1.98. The minimum Gasteiger partial charge on any atom is -0.508 e. The van der Waals surface area contributed by atoms with Crippen molar-refractivity contribution in [3.63, 3.8) is 0 Å². The Balaban J connectivity index is 1.92. The topological polar surface area (TPSA) is 76.0 Å². The number of carbonyl (C=O) groups excluding carboxylic acids is 1. The highest BCUT2D eigenvalue weighted by molar-refractivity contribution is 5.87. The van der Waals surface area contributed by atoms with Crippen LogP contribution in [0.5, 0.6) is 5.75 Å². The van der Waals surface area contributed by atoms with Crippen LogP contribution in [0.1, 0.15) is 12.5 Å². The normalized spacial score (nSPS) is 26.6. The molecule has 1 saturated heterocycles. The van der Waals surface area contributed by atoms with E-state index >= 15 is 0 Å². The quantitative estimate of drug-likeness (QED) is 0.644. The summed E-state index contributed by atoms with van der Waals surface area (Å²) in [7, 11) is 0. The molecule has 1 aliphatic rings. The van der Waals surface area contributed by atoms with Gasteiger partial charge in [-0.2, -0.15) is 0 Å². The summed E-state index contributed by atoms with van der Waals surface area (Å²) in [4.78, 5) is 11.7. The standard InChI is InChI=1S/C15H18O5/c1-10-13(17)8-19-9-14(10)20-15(18)6-5-11-3-2-4-12(16)7-11/h2-7,10,13-14,16-17H,8-9H2,1H3/b6-5+/t10?,13-,14+/m0/s1. The summed E-state index contributed by atoms with van der Waals surface area (Å²) in [6, 6.07) is 6.55. The molecule has 5 nitrogen and oxygen atoms in total. The second kappa shape index (κ2) is 6.54. The molecule has 5 heteroatoms. The third-order valence-corrected chi connectivity index (χ3v) is 3.31. The molecule has 0 bridgehead atoms. The lowest BCUT2D eigenvalue weighted by Crippen LogP contribution is -2.43. The zero-order valence-electron chi connectivity index (χ0n) is 11.2.